The molecule has 0 bridgehead atoms. The second-order valence-electron chi connectivity index (χ2n) is 5.16. The molecule has 0 amide bonds. The summed E-state index contributed by atoms with van der Waals surface area (Å²) in [6, 6.07) is 6.28. The van der Waals surface area contributed by atoms with E-state index in [-0.39, 0.29) is 16.0 Å². The van der Waals surface area contributed by atoms with Gasteiger partial charge in [0.25, 0.3) is 0 Å². The summed E-state index contributed by atoms with van der Waals surface area (Å²) in [7, 11) is 0. The summed E-state index contributed by atoms with van der Waals surface area (Å²) >= 11 is 3.41. The van der Waals surface area contributed by atoms with Gasteiger partial charge in [-0.3, -0.25) is 4.79 Å². The summed E-state index contributed by atoms with van der Waals surface area (Å²) in [4.78, 5) is 11.8. The fourth-order valence-corrected chi connectivity index (χ4v) is 2.50. The Kier molecular flexibility index (Phi) is 2.50. The van der Waals surface area contributed by atoms with Crippen molar-refractivity contribution in [1.29, 1.82) is 0 Å². The molecule has 1 atom stereocenters. The van der Waals surface area contributed by atoms with Crippen LogP contribution in [0.4, 0.5) is 0 Å². The Morgan fingerprint density at radius 3 is 2.60 bits per heavy atom. The van der Waals surface area contributed by atoms with Crippen molar-refractivity contribution in [3.05, 3.63) is 34.9 Å². The number of ketones is 1. The predicted octanol–water partition coefficient (Wildman–Crippen LogP) is 3.49. The van der Waals surface area contributed by atoms with Crippen molar-refractivity contribution < 1.29 is 4.79 Å². The smallest absolute Gasteiger partial charge is 0.177 e. The molecule has 1 aromatic rings. The van der Waals surface area contributed by atoms with Crippen LogP contribution in [0.25, 0.3) is 0 Å². The van der Waals surface area contributed by atoms with E-state index in [2.05, 4.69) is 54.9 Å². The van der Waals surface area contributed by atoms with Crippen LogP contribution in [-0.4, -0.2) is 10.6 Å². The molecule has 0 saturated carbocycles. The molecule has 1 nitrogen and oxygen atoms in total. The maximum atomic E-state index is 11.8. The Balaban J connectivity index is 2.49. The van der Waals surface area contributed by atoms with Crippen LogP contribution in [0.2, 0.25) is 0 Å². The van der Waals surface area contributed by atoms with Crippen molar-refractivity contribution in [3.63, 3.8) is 0 Å². The highest BCUT2D eigenvalue weighted by Gasteiger charge is 2.29. The Hall–Kier alpha value is -0.630. The Bertz CT molecular complexity index is 415. The van der Waals surface area contributed by atoms with Crippen LogP contribution >= 0.6 is 15.9 Å². The number of halogens is 1. The number of hydrogen-bond donors (Lipinski definition) is 0. The Morgan fingerprint density at radius 2 is 2.00 bits per heavy atom. The van der Waals surface area contributed by atoms with Crippen LogP contribution < -0.4 is 0 Å². The predicted molar refractivity (Wildman–Crippen MR) is 65.9 cm³/mol. The largest absolute Gasteiger partial charge is 0.293 e. The van der Waals surface area contributed by atoms with Gasteiger partial charge in [0, 0.05) is 5.56 Å². The third kappa shape index (κ3) is 1.87. The Morgan fingerprint density at radius 1 is 1.33 bits per heavy atom. The van der Waals surface area contributed by atoms with Gasteiger partial charge in [-0.05, 0) is 29.0 Å². The van der Waals surface area contributed by atoms with E-state index in [1.165, 1.54) is 11.1 Å². The molecule has 1 unspecified atom stereocenters. The SMILES string of the molecule is CC(C)(C)c1ccc2c(c1)C(=O)C(Br)C2. The topological polar surface area (TPSA) is 17.1 Å². The lowest BCUT2D eigenvalue weighted by Crippen LogP contribution is -2.12. The van der Waals surface area contributed by atoms with E-state index in [1.807, 2.05) is 0 Å². The van der Waals surface area contributed by atoms with Gasteiger partial charge in [0.2, 0.25) is 0 Å². The first-order chi connectivity index (χ1) is 6.89. The average molecular weight is 267 g/mol. The van der Waals surface area contributed by atoms with Gasteiger partial charge in [0.15, 0.2) is 5.78 Å². The molecule has 1 aliphatic carbocycles. The molecule has 2 rings (SSSR count). The molecule has 0 aliphatic heterocycles. The van der Waals surface area contributed by atoms with E-state index < -0.39 is 0 Å². The van der Waals surface area contributed by atoms with Gasteiger partial charge in [-0.2, -0.15) is 0 Å². The van der Waals surface area contributed by atoms with Crippen LogP contribution in [0.15, 0.2) is 18.2 Å². The molecule has 1 aromatic carbocycles. The van der Waals surface area contributed by atoms with Crippen LogP contribution in [-0.2, 0) is 11.8 Å². The lowest BCUT2D eigenvalue weighted by Gasteiger charge is -2.19. The highest BCUT2D eigenvalue weighted by molar-refractivity contribution is 9.10. The van der Waals surface area contributed by atoms with Crippen molar-refractivity contribution in [3.8, 4) is 0 Å². The van der Waals surface area contributed by atoms with E-state index in [1.54, 1.807) is 0 Å². The van der Waals surface area contributed by atoms with Crippen LogP contribution in [0.3, 0.4) is 0 Å². The van der Waals surface area contributed by atoms with Crippen molar-refractivity contribution in [2.45, 2.75) is 37.4 Å². The summed E-state index contributed by atoms with van der Waals surface area (Å²) in [5, 5.41) is 0. The fourth-order valence-electron chi connectivity index (χ4n) is 1.90. The molecule has 0 N–H and O–H groups in total. The highest BCUT2D eigenvalue weighted by Crippen LogP contribution is 2.31. The van der Waals surface area contributed by atoms with E-state index in [0.29, 0.717) is 0 Å². The van der Waals surface area contributed by atoms with E-state index in [0.717, 1.165) is 12.0 Å². The second kappa shape index (κ2) is 3.44. The molecule has 0 saturated heterocycles. The van der Waals surface area contributed by atoms with Gasteiger partial charge in [0.05, 0.1) is 4.83 Å². The minimum absolute atomic E-state index is 0.0114. The standard InChI is InChI=1S/C13H15BrO/c1-13(2,3)9-5-4-8-6-11(14)12(15)10(8)7-9/h4-5,7,11H,6H2,1-3H3. The number of alkyl halides is 1. The van der Waals surface area contributed by atoms with E-state index >= 15 is 0 Å². The monoisotopic (exact) mass is 266 g/mol. The van der Waals surface area contributed by atoms with Crippen molar-refractivity contribution >= 4 is 21.7 Å². The zero-order valence-electron chi connectivity index (χ0n) is 9.30. The first-order valence-corrected chi connectivity index (χ1v) is 6.13. The van der Waals surface area contributed by atoms with E-state index in [9.17, 15) is 4.79 Å². The summed E-state index contributed by atoms with van der Waals surface area (Å²) in [6.45, 7) is 6.50. The molecule has 0 aromatic heterocycles. The summed E-state index contributed by atoms with van der Waals surface area (Å²) in [6.07, 6.45) is 0.832. The first-order valence-electron chi connectivity index (χ1n) is 5.21. The maximum Gasteiger partial charge on any atom is 0.177 e. The van der Waals surface area contributed by atoms with Gasteiger partial charge in [0.1, 0.15) is 0 Å². The van der Waals surface area contributed by atoms with Crippen LogP contribution in [0.5, 0.6) is 0 Å². The zero-order chi connectivity index (χ0) is 11.2. The number of carbonyl (C=O) groups is 1. The van der Waals surface area contributed by atoms with Gasteiger partial charge >= 0.3 is 0 Å². The summed E-state index contributed by atoms with van der Waals surface area (Å²) < 4.78 is 0. The minimum atomic E-state index is -0.0114. The molecule has 0 radical (unpaired) electrons. The summed E-state index contributed by atoms with van der Waals surface area (Å²) in [5.74, 6) is 0.233. The zero-order valence-corrected chi connectivity index (χ0v) is 10.9. The molecular weight excluding hydrogens is 252 g/mol. The first kappa shape index (κ1) is 10.9. The molecule has 0 fully saturated rings. The van der Waals surface area contributed by atoms with Gasteiger partial charge in [-0.1, -0.05) is 48.8 Å². The lowest BCUT2D eigenvalue weighted by atomic mass is 9.85. The second-order valence-corrected chi connectivity index (χ2v) is 6.26. The third-order valence-corrected chi connectivity index (χ3v) is 3.66. The quantitative estimate of drug-likeness (QED) is 0.658. The van der Waals surface area contributed by atoms with Crippen molar-refractivity contribution in [2.75, 3.05) is 0 Å². The lowest BCUT2D eigenvalue weighted by molar-refractivity contribution is 0.100. The minimum Gasteiger partial charge on any atom is -0.293 e. The number of hydrogen-bond acceptors (Lipinski definition) is 1. The molecule has 0 heterocycles. The number of fused-ring (bicyclic) bond motifs is 1. The molecular formula is C13H15BrO. The number of rotatable bonds is 0. The molecule has 2 heteroatoms. The molecule has 1 aliphatic rings. The van der Waals surface area contributed by atoms with Crippen molar-refractivity contribution in [1.82, 2.24) is 0 Å². The number of benzene rings is 1. The normalized spacial score (nSPS) is 20.5. The Labute approximate surface area is 99.0 Å². The average Bonchev–Trinajstić information content (AvgIpc) is 2.41. The number of Topliss-reactive ketones (excluding diaryl/α,β-unsaturated/α-hetero) is 1. The molecule has 80 valence electrons. The van der Waals surface area contributed by atoms with Gasteiger partial charge in [-0.25, -0.2) is 0 Å². The molecule has 0 spiro atoms. The van der Waals surface area contributed by atoms with Gasteiger partial charge in [-0.15, -0.1) is 0 Å². The number of carbonyl (C=O) groups excluding carboxylic acids is 1. The molecule has 15 heavy (non-hydrogen) atoms. The third-order valence-electron chi connectivity index (χ3n) is 2.92. The van der Waals surface area contributed by atoms with Crippen LogP contribution in [0, 0.1) is 0 Å². The summed E-state index contributed by atoms with van der Waals surface area (Å²) in [5.41, 5.74) is 3.43. The highest BCUT2D eigenvalue weighted by atomic mass is 79.9. The maximum absolute atomic E-state index is 11.8. The van der Waals surface area contributed by atoms with Gasteiger partial charge < -0.3 is 0 Å². The fraction of sp³-hybridized carbons (Fsp3) is 0.462. The van der Waals surface area contributed by atoms with Crippen LogP contribution in [0.1, 0.15) is 42.3 Å². The van der Waals surface area contributed by atoms with Crippen molar-refractivity contribution in [2.24, 2.45) is 0 Å². The van der Waals surface area contributed by atoms with E-state index in [4.69, 9.17) is 0 Å².